The smallest absolute Gasteiger partial charge is 0.256 e. The average Bonchev–Trinajstić information content (AvgIpc) is 2.68. The molecule has 26 heavy (non-hydrogen) atoms. The second kappa shape index (κ2) is 8.04. The number of rotatable bonds is 4. The van der Waals surface area contributed by atoms with Crippen molar-refractivity contribution in [3.63, 3.8) is 0 Å². The fourth-order valence-corrected chi connectivity index (χ4v) is 3.24. The van der Waals surface area contributed by atoms with Gasteiger partial charge in [0, 0.05) is 44.1 Å². The van der Waals surface area contributed by atoms with Crippen molar-refractivity contribution in [2.24, 2.45) is 0 Å². The van der Waals surface area contributed by atoms with Crippen molar-refractivity contribution in [3.05, 3.63) is 59.7 Å². The van der Waals surface area contributed by atoms with Crippen molar-refractivity contribution in [3.8, 4) is 0 Å². The lowest BCUT2D eigenvalue weighted by Crippen LogP contribution is -2.36. The maximum absolute atomic E-state index is 13.0. The van der Waals surface area contributed by atoms with Crippen LogP contribution in [0.3, 0.4) is 0 Å². The van der Waals surface area contributed by atoms with Crippen molar-refractivity contribution in [1.82, 2.24) is 4.90 Å². The van der Waals surface area contributed by atoms with Crippen LogP contribution in [0.5, 0.6) is 0 Å². The second-order valence-corrected chi connectivity index (χ2v) is 6.80. The number of nitrogens with zero attached hydrogens (tertiary/aromatic N) is 2. The summed E-state index contributed by atoms with van der Waals surface area (Å²) in [5, 5.41) is 2.89. The molecule has 0 unspecified atom stereocenters. The van der Waals surface area contributed by atoms with Gasteiger partial charge in [-0.2, -0.15) is 0 Å². The molecule has 1 aliphatic heterocycles. The average molecular weight is 351 g/mol. The largest absolute Gasteiger partial charge is 0.377 e. The summed E-state index contributed by atoms with van der Waals surface area (Å²) >= 11 is 0. The van der Waals surface area contributed by atoms with Crippen LogP contribution in [0.25, 0.3) is 0 Å². The monoisotopic (exact) mass is 351 g/mol. The summed E-state index contributed by atoms with van der Waals surface area (Å²) < 4.78 is 0. The molecule has 1 aliphatic rings. The van der Waals surface area contributed by atoms with Crippen LogP contribution in [0.4, 0.5) is 11.4 Å². The summed E-state index contributed by atoms with van der Waals surface area (Å²) in [5.74, 6) is -0.149. The molecular weight excluding hydrogens is 326 g/mol. The summed E-state index contributed by atoms with van der Waals surface area (Å²) in [4.78, 5) is 29.3. The van der Waals surface area contributed by atoms with Crippen LogP contribution in [0, 0.1) is 0 Å². The first kappa shape index (κ1) is 18.0. The number of likely N-dealkylation sites (tertiary alicyclic amines) is 1. The van der Waals surface area contributed by atoms with Gasteiger partial charge in [-0.15, -0.1) is 0 Å². The molecule has 2 amide bonds. The number of hydrogen-bond donors (Lipinski definition) is 1. The molecule has 0 aromatic heterocycles. The van der Waals surface area contributed by atoms with Crippen molar-refractivity contribution < 1.29 is 9.59 Å². The van der Waals surface area contributed by atoms with Gasteiger partial charge in [-0.05, 0) is 49.6 Å². The first-order valence-corrected chi connectivity index (χ1v) is 9.03. The zero-order valence-electron chi connectivity index (χ0n) is 15.4. The molecular formula is C21H25N3O2. The van der Waals surface area contributed by atoms with E-state index in [1.807, 2.05) is 54.2 Å². The van der Waals surface area contributed by atoms with Gasteiger partial charge in [0.1, 0.15) is 0 Å². The van der Waals surface area contributed by atoms with Crippen LogP contribution in [0.1, 0.15) is 40.0 Å². The molecule has 0 saturated carbocycles. The van der Waals surface area contributed by atoms with E-state index < -0.39 is 0 Å². The van der Waals surface area contributed by atoms with Gasteiger partial charge in [0.05, 0.1) is 5.56 Å². The summed E-state index contributed by atoms with van der Waals surface area (Å²) in [6.45, 7) is 1.60. The molecule has 0 bridgehead atoms. The molecule has 1 N–H and O–H groups in total. The van der Waals surface area contributed by atoms with Gasteiger partial charge >= 0.3 is 0 Å². The molecule has 0 radical (unpaired) electrons. The lowest BCUT2D eigenvalue weighted by molar-refractivity contribution is 0.0724. The van der Waals surface area contributed by atoms with E-state index >= 15 is 0 Å². The van der Waals surface area contributed by atoms with E-state index in [4.69, 9.17) is 0 Å². The minimum Gasteiger partial charge on any atom is -0.377 e. The fraction of sp³-hybridized carbons (Fsp3) is 0.333. The number of benzene rings is 2. The third-order valence-corrected chi connectivity index (χ3v) is 4.65. The Labute approximate surface area is 154 Å². The minimum atomic E-state index is -0.181. The zero-order valence-corrected chi connectivity index (χ0v) is 15.4. The topological polar surface area (TPSA) is 52.7 Å². The standard InChI is InChI=1S/C21H25N3O2/c1-23(2)19-12-11-17(22-20(25)16-9-5-3-6-10-16)15-18(19)21(26)24-13-7-4-8-14-24/h3,5-6,9-12,15H,4,7-8,13-14H2,1-2H3,(H,22,25). The summed E-state index contributed by atoms with van der Waals surface area (Å²) in [5.41, 5.74) is 2.71. The molecule has 2 aromatic rings. The molecule has 3 rings (SSSR count). The predicted octanol–water partition coefficient (Wildman–Crippen LogP) is 3.63. The highest BCUT2D eigenvalue weighted by Crippen LogP contribution is 2.26. The van der Waals surface area contributed by atoms with Gasteiger partial charge in [-0.25, -0.2) is 0 Å². The number of hydrogen-bond acceptors (Lipinski definition) is 3. The Morgan fingerprint density at radius 2 is 1.65 bits per heavy atom. The number of amides is 2. The Morgan fingerprint density at radius 1 is 0.962 bits per heavy atom. The van der Waals surface area contributed by atoms with Gasteiger partial charge < -0.3 is 15.1 Å². The van der Waals surface area contributed by atoms with Gasteiger partial charge in [0.15, 0.2) is 0 Å². The van der Waals surface area contributed by atoms with Crippen LogP contribution in [0.2, 0.25) is 0 Å². The molecule has 0 atom stereocenters. The quantitative estimate of drug-likeness (QED) is 0.915. The van der Waals surface area contributed by atoms with Crippen molar-refractivity contribution in [2.45, 2.75) is 19.3 Å². The number of carbonyl (C=O) groups excluding carboxylic acids is 2. The third kappa shape index (κ3) is 4.04. The maximum atomic E-state index is 13.0. The van der Waals surface area contributed by atoms with Gasteiger partial charge in [0.25, 0.3) is 11.8 Å². The molecule has 5 heteroatoms. The van der Waals surface area contributed by atoms with Gasteiger partial charge in [-0.3, -0.25) is 9.59 Å². The highest BCUT2D eigenvalue weighted by molar-refractivity contribution is 6.06. The molecule has 1 heterocycles. The van der Waals surface area contributed by atoms with Crippen LogP contribution >= 0.6 is 0 Å². The number of carbonyl (C=O) groups is 2. The van der Waals surface area contributed by atoms with E-state index in [2.05, 4.69) is 5.32 Å². The van der Waals surface area contributed by atoms with E-state index in [0.29, 0.717) is 16.8 Å². The van der Waals surface area contributed by atoms with Crippen molar-refractivity contribution >= 4 is 23.2 Å². The van der Waals surface area contributed by atoms with E-state index in [1.54, 1.807) is 18.2 Å². The molecule has 1 fully saturated rings. The molecule has 0 aliphatic carbocycles. The Kier molecular flexibility index (Phi) is 5.56. The maximum Gasteiger partial charge on any atom is 0.256 e. The van der Waals surface area contributed by atoms with E-state index in [1.165, 1.54) is 6.42 Å². The first-order chi connectivity index (χ1) is 12.6. The Balaban J connectivity index is 1.86. The Hall–Kier alpha value is -2.82. The number of anilines is 2. The SMILES string of the molecule is CN(C)c1ccc(NC(=O)c2ccccc2)cc1C(=O)N1CCCCC1. The highest BCUT2D eigenvalue weighted by Gasteiger charge is 2.22. The predicted molar refractivity (Wildman–Crippen MR) is 105 cm³/mol. The Morgan fingerprint density at radius 3 is 2.31 bits per heavy atom. The third-order valence-electron chi connectivity index (χ3n) is 4.65. The van der Waals surface area contributed by atoms with Crippen LogP contribution in [-0.4, -0.2) is 43.9 Å². The van der Waals surface area contributed by atoms with Crippen LogP contribution in [0.15, 0.2) is 48.5 Å². The Bertz CT molecular complexity index is 781. The minimum absolute atomic E-state index is 0.0317. The lowest BCUT2D eigenvalue weighted by Gasteiger charge is -2.28. The van der Waals surface area contributed by atoms with Gasteiger partial charge in [-0.1, -0.05) is 18.2 Å². The van der Waals surface area contributed by atoms with Crippen LogP contribution in [-0.2, 0) is 0 Å². The zero-order chi connectivity index (χ0) is 18.5. The lowest BCUT2D eigenvalue weighted by atomic mass is 10.1. The molecule has 1 saturated heterocycles. The van der Waals surface area contributed by atoms with Crippen LogP contribution < -0.4 is 10.2 Å². The van der Waals surface area contributed by atoms with Gasteiger partial charge in [0.2, 0.25) is 0 Å². The van der Waals surface area contributed by atoms with E-state index in [-0.39, 0.29) is 11.8 Å². The first-order valence-electron chi connectivity index (χ1n) is 9.03. The molecule has 2 aromatic carbocycles. The fourth-order valence-electron chi connectivity index (χ4n) is 3.24. The van der Waals surface area contributed by atoms with E-state index in [9.17, 15) is 9.59 Å². The van der Waals surface area contributed by atoms with Crippen molar-refractivity contribution in [2.75, 3.05) is 37.4 Å². The molecule has 136 valence electrons. The number of piperidine rings is 1. The summed E-state index contributed by atoms with van der Waals surface area (Å²) in [7, 11) is 3.84. The summed E-state index contributed by atoms with van der Waals surface area (Å²) in [6.07, 6.45) is 3.28. The summed E-state index contributed by atoms with van der Waals surface area (Å²) in [6, 6.07) is 14.6. The normalized spacial score (nSPS) is 14.0. The molecule has 0 spiro atoms. The second-order valence-electron chi connectivity index (χ2n) is 6.80. The van der Waals surface area contributed by atoms with Crippen molar-refractivity contribution in [1.29, 1.82) is 0 Å². The molecule has 5 nitrogen and oxygen atoms in total. The van der Waals surface area contributed by atoms with E-state index in [0.717, 1.165) is 31.6 Å². The number of nitrogens with one attached hydrogen (secondary N) is 1. The highest BCUT2D eigenvalue weighted by atomic mass is 16.2.